The number of nitrogen functional groups attached to an aromatic ring is 1. The van der Waals surface area contributed by atoms with Crippen molar-refractivity contribution in [2.75, 3.05) is 10.5 Å². The molecule has 0 amide bonds. The van der Waals surface area contributed by atoms with Crippen molar-refractivity contribution in [1.29, 1.82) is 0 Å². The van der Waals surface area contributed by atoms with E-state index in [0.717, 1.165) is 25.0 Å². The van der Waals surface area contributed by atoms with Gasteiger partial charge in [0.1, 0.15) is 0 Å². The summed E-state index contributed by atoms with van der Waals surface area (Å²) in [7, 11) is -3.61. The maximum atomic E-state index is 12.4. The topological polar surface area (TPSA) is 85.1 Å². The van der Waals surface area contributed by atoms with E-state index in [0.29, 0.717) is 16.4 Å². The Kier molecular flexibility index (Phi) is 3.18. The van der Waals surface area contributed by atoms with Gasteiger partial charge in [0.2, 0.25) is 0 Å². The van der Waals surface area contributed by atoms with Gasteiger partial charge in [-0.2, -0.15) is 0 Å². The van der Waals surface area contributed by atoms with Crippen LogP contribution < -0.4 is 10.5 Å². The molecule has 1 aromatic carbocycles. The normalized spacial score (nSPS) is 14.2. The Bertz CT molecular complexity index is 744. The Morgan fingerprint density at radius 2 is 2.15 bits per heavy atom. The van der Waals surface area contributed by atoms with Gasteiger partial charge in [0.05, 0.1) is 10.6 Å². The van der Waals surface area contributed by atoms with E-state index in [2.05, 4.69) is 9.71 Å². The molecule has 7 heteroatoms. The largest absolute Gasteiger partial charge is 0.399 e. The van der Waals surface area contributed by atoms with E-state index in [1.165, 1.54) is 22.3 Å². The highest BCUT2D eigenvalue weighted by Gasteiger charge is 2.22. The number of hydrogen-bond donors (Lipinski definition) is 2. The summed E-state index contributed by atoms with van der Waals surface area (Å²) in [6, 6.07) is 4.76. The molecule has 5 nitrogen and oxygen atoms in total. The van der Waals surface area contributed by atoms with Gasteiger partial charge >= 0.3 is 0 Å². The van der Waals surface area contributed by atoms with Gasteiger partial charge in [0, 0.05) is 10.6 Å². The molecule has 3 N–H and O–H groups in total. The second kappa shape index (κ2) is 4.75. The average Bonchev–Trinajstić information content (AvgIpc) is 2.87. The van der Waals surface area contributed by atoms with Crippen LogP contribution in [0.25, 0.3) is 0 Å². The molecule has 106 valence electrons. The molecule has 0 saturated heterocycles. The fraction of sp³-hybridized carbons (Fsp3) is 0.308. The Morgan fingerprint density at radius 3 is 2.85 bits per heavy atom. The van der Waals surface area contributed by atoms with Crippen LogP contribution in [-0.4, -0.2) is 13.4 Å². The van der Waals surface area contributed by atoms with E-state index in [4.69, 9.17) is 5.73 Å². The quantitative estimate of drug-likeness (QED) is 0.852. The molecular formula is C13H15N3O2S2. The number of aromatic nitrogens is 1. The summed E-state index contributed by atoms with van der Waals surface area (Å²) in [5.74, 6) is 0. The van der Waals surface area contributed by atoms with E-state index in [1.807, 2.05) is 0 Å². The van der Waals surface area contributed by atoms with E-state index in [-0.39, 0.29) is 4.90 Å². The van der Waals surface area contributed by atoms with Gasteiger partial charge in [-0.15, -0.1) is 11.3 Å². The van der Waals surface area contributed by atoms with Gasteiger partial charge in [-0.1, -0.05) is 0 Å². The highest BCUT2D eigenvalue weighted by Crippen LogP contribution is 2.32. The van der Waals surface area contributed by atoms with Crippen LogP contribution in [-0.2, 0) is 22.9 Å². The summed E-state index contributed by atoms with van der Waals surface area (Å²) in [6.07, 6.45) is 3.04. The average molecular weight is 309 g/mol. The third-order valence-corrected chi connectivity index (χ3v) is 6.01. The molecule has 3 rings (SSSR count). The number of thiazole rings is 1. The van der Waals surface area contributed by atoms with Gasteiger partial charge in [-0.3, -0.25) is 4.72 Å². The van der Waals surface area contributed by atoms with Crippen LogP contribution >= 0.6 is 11.3 Å². The predicted octanol–water partition coefficient (Wildman–Crippen LogP) is 2.32. The smallest absolute Gasteiger partial charge is 0.263 e. The fourth-order valence-corrected chi connectivity index (χ4v) is 4.89. The summed E-state index contributed by atoms with van der Waals surface area (Å²) in [4.78, 5) is 5.78. The first-order chi connectivity index (χ1) is 9.45. The number of sulfonamides is 1. The zero-order valence-electron chi connectivity index (χ0n) is 11.0. The lowest BCUT2D eigenvalue weighted by Gasteiger charge is -2.08. The van der Waals surface area contributed by atoms with E-state index in [1.54, 1.807) is 19.1 Å². The molecule has 20 heavy (non-hydrogen) atoms. The number of nitrogens with zero attached hydrogens (tertiary/aromatic N) is 1. The first-order valence-corrected chi connectivity index (χ1v) is 8.63. The molecule has 1 heterocycles. The Morgan fingerprint density at radius 1 is 1.35 bits per heavy atom. The zero-order valence-corrected chi connectivity index (χ0v) is 12.6. The minimum absolute atomic E-state index is 0.238. The SMILES string of the molecule is Cc1cc(N)ccc1S(=O)(=O)Nc1nc2c(s1)CCC2. The van der Waals surface area contributed by atoms with Crippen molar-refractivity contribution in [2.45, 2.75) is 31.1 Å². The number of rotatable bonds is 3. The van der Waals surface area contributed by atoms with Crippen LogP contribution in [0.3, 0.4) is 0 Å². The monoisotopic (exact) mass is 309 g/mol. The van der Waals surface area contributed by atoms with Crippen LogP contribution in [0, 0.1) is 6.92 Å². The van der Waals surface area contributed by atoms with Gasteiger partial charge < -0.3 is 5.73 Å². The Hall–Kier alpha value is -1.60. The standard InChI is InChI=1S/C13H15N3O2S2/c1-8-7-9(14)5-6-12(8)20(17,18)16-13-15-10-3-2-4-11(10)19-13/h5-7H,2-4,14H2,1H3,(H,15,16). The van der Waals surface area contributed by atoms with Gasteiger partial charge in [0.25, 0.3) is 10.0 Å². The van der Waals surface area contributed by atoms with Gasteiger partial charge in [-0.05, 0) is 49.9 Å². The van der Waals surface area contributed by atoms with Crippen molar-refractivity contribution < 1.29 is 8.42 Å². The zero-order chi connectivity index (χ0) is 14.3. The molecule has 0 unspecified atom stereocenters. The molecular weight excluding hydrogens is 294 g/mol. The number of anilines is 2. The predicted molar refractivity (Wildman–Crippen MR) is 80.5 cm³/mol. The maximum Gasteiger partial charge on any atom is 0.263 e. The maximum absolute atomic E-state index is 12.4. The molecule has 1 aliphatic rings. The lowest BCUT2D eigenvalue weighted by Crippen LogP contribution is -2.14. The van der Waals surface area contributed by atoms with Crippen LogP contribution in [0.1, 0.15) is 22.6 Å². The number of nitrogens with two attached hydrogens (primary N) is 1. The van der Waals surface area contributed by atoms with E-state index in [9.17, 15) is 8.42 Å². The van der Waals surface area contributed by atoms with Crippen molar-refractivity contribution in [3.05, 3.63) is 34.3 Å². The molecule has 2 aromatic rings. The van der Waals surface area contributed by atoms with Crippen molar-refractivity contribution in [3.63, 3.8) is 0 Å². The molecule has 0 spiro atoms. The van der Waals surface area contributed by atoms with Crippen LogP contribution in [0.2, 0.25) is 0 Å². The number of benzene rings is 1. The second-order valence-corrected chi connectivity index (χ2v) is 7.61. The lowest BCUT2D eigenvalue weighted by molar-refractivity contribution is 0.600. The molecule has 0 aliphatic heterocycles. The molecule has 1 aliphatic carbocycles. The van der Waals surface area contributed by atoms with E-state index >= 15 is 0 Å². The molecule has 0 saturated carbocycles. The van der Waals surface area contributed by atoms with Crippen molar-refractivity contribution in [3.8, 4) is 0 Å². The minimum atomic E-state index is -3.61. The summed E-state index contributed by atoms with van der Waals surface area (Å²) in [6.45, 7) is 1.73. The minimum Gasteiger partial charge on any atom is -0.399 e. The molecule has 1 aromatic heterocycles. The van der Waals surface area contributed by atoms with Crippen LogP contribution in [0.15, 0.2) is 23.1 Å². The summed E-state index contributed by atoms with van der Waals surface area (Å²) < 4.78 is 27.3. The summed E-state index contributed by atoms with van der Waals surface area (Å²) in [5.41, 5.74) is 7.85. The van der Waals surface area contributed by atoms with Gasteiger partial charge in [-0.25, -0.2) is 13.4 Å². The molecule has 0 fully saturated rings. The number of fused-ring (bicyclic) bond motifs is 1. The molecule has 0 radical (unpaired) electrons. The summed E-state index contributed by atoms with van der Waals surface area (Å²) in [5, 5.41) is 0.450. The van der Waals surface area contributed by atoms with Crippen molar-refractivity contribution >= 4 is 32.2 Å². The third kappa shape index (κ3) is 2.38. The third-order valence-electron chi connectivity index (χ3n) is 3.31. The highest BCUT2D eigenvalue weighted by atomic mass is 32.2. The number of hydrogen-bond acceptors (Lipinski definition) is 5. The first-order valence-electron chi connectivity index (χ1n) is 6.33. The van der Waals surface area contributed by atoms with Crippen LogP contribution in [0.4, 0.5) is 10.8 Å². The van der Waals surface area contributed by atoms with Gasteiger partial charge in [0.15, 0.2) is 5.13 Å². The first kappa shape index (κ1) is 13.4. The second-order valence-electron chi connectivity index (χ2n) is 4.87. The Balaban J connectivity index is 1.91. The number of nitrogens with one attached hydrogen (secondary N) is 1. The van der Waals surface area contributed by atoms with E-state index < -0.39 is 10.0 Å². The highest BCUT2D eigenvalue weighted by molar-refractivity contribution is 7.93. The van der Waals surface area contributed by atoms with Crippen molar-refractivity contribution in [1.82, 2.24) is 4.98 Å². The summed E-state index contributed by atoms with van der Waals surface area (Å²) >= 11 is 1.43. The molecule has 0 bridgehead atoms. The number of aryl methyl sites for hydroxylation is 3. The lowest BCUT2D eigenvalue weighted by atomic mass is 10.2. The molecule has 0 atom stereocenters. The Labute approximate surface area is 121 Å². The van der Waals surface area contributed by atoms with Crippen LogP contribution in [0.5, 0.6) is 0 Å². The van der Waals surface area contributed by atoms with Crippen molar-refractivity contribution in [2.24, 2.45) is 0 Å². The fourth-order valence-electron chi connectivity index (χ4n) is 2.38.